The zero-order valence-corrected chi connectivity index (χ0v) is 16.8. The molecule has 4 rings (SSSR count). The third-order valence-corrected chi connectivity index (χ3v) is 5.13. The number of aromatic nitrogens is 2. The van der Waals surface area contributed by atoms with Gasteiger partial charge in [0.15, 0.2) is 0 Å². The van der Waals surface area contributed by atoms with E-state index in [1.165, 1.54) is 6.07 Å². The fourth-order valence-electron chi connectivity index (χ4n) is 3.55. The van der Waals surface area contributed by atoms with Gasteiger partial charge in [0.1, 0.15) is 11.6 Å². The number of hydrogen-bond donors (Lipinski definition) is 1. The summed E-state index contributed by atoms with van der Waals surface area (Å²) >= 11 is 0. The molecular formula is C22H24FN5O2. The van der Waals surface area contributed by atoms with Crippen molar-refractivity contribution in [1.82, 2.24) is 14.5 Å². The van der Waals surface area contributed by atoms with Gasteiger partial charge in [-0.15, -0.1) is 0 Å². The Morgan fingerprint density at radius 2 is 1.83 bits per heavy atom. The van der Waals surface area contributed by atoms with Crippen molar-refractivity contribution in [3.05, 3.63) is 66.7 Å². The van der Waals surface area contributed by atoms with Crippen LogP contribution in [0.3, 0.4) is 0 Å². The topological polar surface area (TPSA) is 62.6 Å². The van der Waals surface area contributed by atoms with Gasteiger partial charge in [-0.3, -0.25) is 14.3 Å². The molecule has 1 aliphatic heterocycles. The average molecular weight is 409 g/mol. The van der Waals surface area contributed by atoms with E-state index >= 15 is 0 Å². The number of rotatable bonds is 6. The zero-order chi connectivity index (χ0) is 20.9. The summed E-state index contributed by atoms with van der Waals surface area (Å²) in [5.41, 5.74) is 1.22. The molecule has 1 aromatic heterocycles. The van der Waals surface area contributed by atoms with Crippen molar-refractivity contribution in [1.29, 1.82) is 0 Å². The molecule has 0 radical (unpaired) electrons. The van der Waals surface area contributed by atoms with Crippen LogP contribution in [-0.2, 0) is 4.79 Å². The van der Waals surface area contributed by atoms with E-state index in [1.54, 1.807) is 36.2 Å². The van der Waals surface area contributed by atoms with Crippen molar-refractivity contribution in [3.8, 4) is 11.4 Å². The second-order valence-corrected chi connectivity index (χ2v) is 7.09. The number of ether oxygens (including phenoxy) is 1. The number of hydrogen-bond acceptors (Lipinski definition) is 5. The molecule has 1 saturated heterocycles. The first-order valence-corrected chi connectivity index (χ1v) is 9.83. The van der Waals surface area contributed by atoms with Crippen LogP contribution in [0, 0.1) is 5.82 Å². The standard InChI is InChI=1S/C22H24FN5O2/c1-30-18-8-6-17(7-9-18)25-21(29)16-26-12-14-27(15-13-26)22-24-10-11-28(22)20-5-3-2-4-19(20)23/h2-11H,12-16H2,1H3,(H,25,29). The van der Waals surface area contributed by atoms with E-state index in [0.29, 0.717) is 31.3 Å². The predicted octanol–water partition coefficient (Wildman–Crippen LogP) is 2.78. The minimum absolute atomic E-state index is 0.0542. The van der Waals surface area contributed by atoms with Crippen LogP contribution < -0.4 is 15.0 Å². The molecule has 1 aliphatic rings. The number of benzene rings is 2. The summed E-state index contributed by atoms with van der Waals surface area (Å²) in [5, 5.41) is 2.91. The lowest BCUT2D eigenvalue weighted by Crippen LogP contribution is -2.49. The minimum Gasteiger partial charge on any atom is -0.497 e. The van der Waals surface area contributed by atoms with Crippen LogP contribution in [0.5, 0.6) is 5.75 Å². The summed E-state index contributed by atoms with van der Waals surface area (Å²) in [6, 6.07) is 13.9. The molecule has 0 saturated carbocycles. The predicted molar refractivity (Wildman–Crippen MR) is 114 cm³/mol. The number of methoxy groups -OCH3 is 1. The summed E-state index contributed by atoms with van der Waals surface area (Å²) < 4.78 is 21.1. The van der Waals surface area contributed by atoms with Crippen LogP contribution in [0.15, 0.2) is 60.9 Å². The highest BCUT2D eigenvalue weighted by molar-refractivity contribution is 5.92. The Labute approximate surface area is 174 Å². The van der Waals surface area contributed by atoms with Crippen LogP contribution in [0.1, 0.15) is 0 Å². The molecule has 0 atom stereocenters. The number of para-hydroxylation sites is 1. The minimum atomic E-state index is -0.286. The van der Waals surface area contributed by atoms with E-state index in [9.17, 15) is 9.18 Å². The van der Waals surface area contributed by atoms with E-state index in [1.807, 2.05) is 30.3 Å². The van der Waals surface area contributed by atoms with Crippen LogP contribution in [0.4, 0.5) is 16.0 Å². The molecule has 0 aliphatic carbocycles. The lowest BCUT2D eigenvalue weighted by atomic mass is 10.3. The number of halogens is 1. The number of nitrogens with zero attached hydrogens (tertiary/aromatic N) is 4. The molecule has 8 heteroatoms. The normalized spacial score (nSPS) is 14.5. The Bertz CT molecular complexity index is 997. The number of anilines is 2. The van der Waals surface area contributed by atoms with Gasteiger partial charge in [-0.1, -0.05) is 12.1 Å². The largest absolute Gasteiger partial charge is 0.497 e. The Hall–Kier alpha value is -3.39. The number of piperazine rings is 1. The molecule has 0 spiro atoms. The first-order valence-electron chi connectivity index (χ1n) is 9.83. The maximum Gasteiger partial charge on any atom is 0.238 e. The van der Waals surface area contributed by atoms with E-state index in [4.69, 9.17) is 4.74 Å². The number of carbonyl (C=O) groups excluding carboxylic acids is 1. The Balaban J connectivity index is 1.33. The quantitative estimate of drug-likeness (QED) is 0.678. The fourth-order valence-corrected chi connectivity index (χ4v) is 3.55. The maximum absolute atomic E-state index is 14.2. The number of nitrogens with one attached hydrogen (secondary N) is 1. The SMILES string of the molecule is COc1ccc(NC(=O)CN2CCN(c3nccn3-c3ccccc3F)CC2)cc1. The lowest BCUT2D eigenvalue weighted by molar-refractivity contribution is -0.117. The summed E-state index contributed by atoms with van der Waals surface area (Å²) in [6.07, 6.45) is 3.44. The average Bonchev–Trinajstić information content (AvgIpc) is 3.25. The Morgan fingerprint density at radius 1 is 1.10 bits per heavy atom. The smallest absolute Gasteiger partial charge is 0.238 e. The van der Waals surface area contributed by atoms with Crippen molar-refractivity contribution >= 4 is 17.5 Å². The van der Waals surface area contributed by atoms with E-state index in [-0.39, 0.29) is 11.7 Å². The summed E-state index contributed by atoms with van der Waals surface area (Å²) in [4.78, 5) is 21.0. The van der Waals surface area contributed by atoms with Gasteiger partial charge < -0.3 is 15.0 Å². The fraction of sp³-hybridized carbons (Fsp3) is 0.273. The second kappa shape index (κ2) is 8.96. The molecule has 0 unspecified atom stereocenters. The van der Waals surface area contributed by atoms with Crippen LogP contribution >= 0.6 is 0 Å². The van der Waals surface area contributed by atoms with Crippen molar-refractivity contribution in [2.45, 2.75) is 0 Å². The van der Waals surface area contributed by atoms with Crippen LogP contribution in [0.2, 0.25) is 0 Å². The van der Waals surface area contributed by atoms with Crippen molar-refractivity contribution in [2.24, 2.45) is 0 Å². The molecule has 156 valence electrons. The van der Waals surface area contributed by atoms with Gasteiger partial charge in [0.2, 0.25) is 11.9 Å². The van der Waals surface area contributed by atoms with Gasteiger partial charge in [0.25, 0.3) is 0 Å². The third-order valence-electron chi connectivity index (χ3n) is 5.13. The molecule has 7 nitrogen and oxygen atoms in total. The highest BCUT2D eigenvalue weighted by Gasteiger charge is 2.22. The lowest BCUT2D eigenvalue weighted by Gasteiger charge is -2.35. The summed E-state index contributed by atoms with van der Waals surface area (Å²) in [6.45, 7) is 3.19. The Kier molecular flexibility index (Phi) is 5.94. The number of imidazole rings is 1. The van der Waals surface area contributed by atoms with Crippen molar-refractivity contribution in [2.75, 3.05) is 50.1 Å². The molecule has 1 amide bonds. The molecular weight excluding hydrogens is 385 g/mol. The summed E-state index contributed by atoms with van der Waals surface area (Å²) in [7, 11) is 1.61. The van der Waals surface area contributed by atoms with Gasteiger partial charge in [-0.25, -0.2) is 9.37 Å². The van der Waals surface area contributed by atoms with Gasteiger partial charge in [0.05, 0.1) is 19.3 Å². The van der Waals surface area contributed by atoms with Crippen LogP contribution in [0.25, 0.3) is 5.69 Å². The molecule has 1 N–H and O–H groups in total. The number of amides is 1. The van der Waals surface area contributed by atoms with Gasteiger partial charge in [-0.2, -0.15) is 0 Å². The molecule has 3 aromatic rings. The molecule has 2 aromatic carbocycles. The van der Waals surface area contributed by atoms with Crippen molar-refractivity contribution < 1.29 is 13.9 Å². The van der Waals surface area contributed by atoms with E-state index < -0.39 is 0 Å². The van der Waals surface area contributed by atoms with Gasteiger partial charge in [-0.05, 0) is 36.4 Å². The second-order valence-electron chi connectivity index (χ2n) is 7.09. The monoisotopic (exact) mass is 409 g/mol. The van der Waals surface area contributed by atoms with Gasteiger partial charge in [0, 0.05) is 44.3 Å². The number of carbonyl (C=O) groups is 1. The molecule has 0 bridgehead atoms. The molecule has 30 heavy (non-hydrogen) atoms. The first-order chi connectivity index (χ1) is 14.6. The first kappa shape index (κ1) is 19.9. The molecule has 2 heterocycles. The van der Waals surface area contributed by atoms with E-state index in [2.05, 4.69) is 20.1 Å². The summed E-state index contributed by atoms with van der Waals surface area (Å²) in [5.74, 6) is 1.12. The molecule has 1 fully saturated rings. The highest BCUT2D eigenvalue weighted by Crippen LogP contribution is 2.22. The van der Waals surface area contributed by atoms with Crippen molar-refractivity contribution in [3.63, 3.8) is 0 Å². The van der Waals surface area contributed by atoms with Crippen LogP contribution in [-0.4, -0.2) is 60.2 Å². The third kappa shape index (κ3) is 4.44. The Morgan fingerprint density at radius 3 is 2.53 bits per heavy atom. The zero-order valence-electron chi connectivity index (χ0n) is 16.8. The van der Waals surface area contributed by atoms with E-state index in [0.717, 1.165) is 24.5 Å². The highest BCUT2D eigenvalue weighted by atomic mass is 19.1. The maximum atomic E-state index is 14.2. The van der Waals surface area contributed by atoms with Gasteiger partial charge >= 0.3 is 0 Å².